The number of hydrogen-bond donors (Lipinski definition) is 2. The number of methoxy groups -OCH3 is 1. The van der Waals surface area contributed by atoms with E-state index in [4.69, 9.17) is 22.7 Å². The second-order valence-corrected chi connectivity index (χ2v) is 5.45. The van der Waals surface area contributed by atoms with E-state index in [2.05, 4.69) is 22.0 Å². The number of thiocarbonyl (C=S) groups is 1. The van der Waals surface area contributed by atoms with Gasteiger partial charge in [0.15, 0.2) is 0 Å². The Kier molecular flexibility index (Phi) is 7.98. The van der Waals surface area contributed by atoms with Crippen molar-refractivity contribution in [3.63, 3.8) is 0 Å². The number of nitrogens with zero attached hydrogens (tertiary/aromatic N) is 2. The van der Waals surface area contributed by atoms with Crippen molar-refractivity contribution in [2.45, 2.75) is 19.4 Å². The highest BCUT2D eigenvalue weighted by Crippen LogP contribution is 2.09. The lowest BCUT2D eigenvalue weighted by Crippen LogP contribution is -2.54. The molecule has 0 bridgehead atoms. The molecule has 1 heterocycles. The topological polar surface area (TPSA) is 70.8 Å². The Labute approximate surface area is 126 Å². The molecule has 3 N–H and O–H groups in total. The summed E-state index contributed by atoms with van der Waals surface area (Å²) in [6.07, 6.45) is 0.937. The molecular weight excluding hydrogens is 276 g/mol. The standard InChI is InChI=1S/C13H26N4O2S/c1-3-11(13(14)20)17-7-5-16(6-8-17)10-12(18)15-4-9-19-2/h11H,3-10H2,1-2H3,(H2,14,20)(H,15,18). The fourth-order valence-corrected chi connectivity index (χ4v) is 2.74. The molecule has 0 radical (unpaired) electrons. The SMILES string of the molecule is CCC(C(N)=S)N1CCN(CC(=O)NCCOC)CC1. The van der Waals surface area contributed by atoms with E-state index in [9.17, 15) is 4.79 Å². The summed E-state index contributed by atoms with van der Waals surface area (Å²) in [4.78, 5) is 16.7. The van der Waals surface area contributed by atoms with Crippen molar-refractivity contribution >= 4 is 23.1 Å². The van der Waals surface area contributed by atoms with Crippen molar-refractivity contribution in [1.29, 1.82) is 0 Å². The minimum atomic E-state index is 0.0527. The van der Waals surface area contributed by atoms with Gasteiger partial charge in [-0.3, -0.25) is 14.6 Å². The van der Waals surface area contributed by atoms with E-state index in [1.807, 2.05) is 0 Å². The van der Waals surface area contributed by atoms with Crippen LogP contribution in [0.3, 0.4) is 0 Å². The maximum absolute atomic E-state index is 11.7. The van der Waals surface area contributed by atoms with Gasteiger partial charge < -0.3 is 15.8 Å². The number of amides is 1. The summed E-state index contributed by atoms with van der Waals surface area (Å²) in [5.74, 6) is 0.0527. The molecule has 0 aliphatic carbocycles. The minimum absolute atomic E-state index is 0.0527. The predicted octanol–water partition coefficient (Wildman–Crippen LogP) is -0.569. The molecule has 0 aromatic rings. The lowest BCUT2D eigenvalue weighted by molar-refractivity contribution is -0.122. The first-order valence-electron chi connectivity index (χ1n) is 7.09. The molecular formula is C13H26N4O2S. The number of carbonyl (C=O) groups is 1. The quantitative estimate of drug-likeness (QED) is 0.462. The van der Waals surface area contributed by atoms with Crippen LogP contribution in [0, 0.1) is 0 Å². The first-order valence-corrected chi connectivity index (χ1v) is 7.50. The molecule has 0 aromatic heterocycles. The minimum Gasteiger partial charge on any atom is -0.392 e. The average Bonchev–Trinajstić information content (AvgIpc) is 2.41. The van der Waals surface area contributed by atoms with Crippen LogP contribution in [0.25, 0.3) is 0 Å². The van der Waals surface area contributed by atoms with Crippen molar-refractivity contribution < 1.29 is 9.53 Å². The van der Waals surface area contributed by atoms with Crippen LogP contribution in [-0.2, 0) is 9.53 Å². The van der Waals surface area contributed by atoms with Gasteiger partial charge in [-0.05, 0) is 6.42 Å². The van der Waals surface area contributed by atoms with Crippen molar-refractivity contribution in [1.82, 2.24) is 15.1 Å². The van der Waals surface area contributed by atoms with E-state index >= 15 is 0 Å². The fourth-order valence-electron chi connectivity index (χ4n) is 2.42. The smallest absolute Gasteiger partial charge is 0.234 e. The van der Waals surface area contributed by atoms with Crippen LogP contribution < -0.4 is 11.1 Å². The Morgan fingerprint density at radius 1 is 1.40 bits per heavy atom. The van der Waals surface area contributed by atoms with Gasteiger partial charge in [-0.15, -0.1) is 0 Å². The molecule has 116 valence electrons. The van der Waals surface area contributed by atoms with Crippen LogP contribution in [0.15, 0.2) is 0 Å². The largest absolute Gasteiger partial charge is 0.392 e. The molecule has 1 saturated heterocycles. The van der Waals surface area contributed by atoms with E-state index in [0.29, 0.717) is 24.7 Å². The van der Waals surface area contributed by atoms with Gasteiger partial charge in [0.05, 0.1) is 24.2 Å². The van der Waals surface area contributed by atoms with E-state index in [1.165, 1.54) is 0 Å². The molecule has 0 saturated carbocycles. The highest BCUT2D eigenvalue weighted by Gasteiger charge is 2.25. The van der Waals surface area contributed by atoms with Gasteiger partial charge in [0, 0.05) is 39.8 Å². The molecule has 6 nitrogen and oxygen atoms in total. The number of rotatable bonds is 8. The summed E-state index contributed by atoms with van der Waals surface area (Å²) in [6, 6.07) is 0.183. The summed E-state index contributed by atoms with van der Waals surface area (Å²) in [5.41, 5.74) is 5.76. The molecule has 0 spiro atoms. The zero-order valence-electron chi connectivity index (χ0n) is 12.4. The maximum atomic E-state index is 11.7. The monoisotopic (exact) mass is 302 g/mol. The molecule has 7 heteroatoms. The van der Waals surface area contributed by atoms with Crippen molar-refractivity contribution in [3.8, 4) is 0 Å². The van der Waals surface area contributed by atoms with E-state index < -0.39 is 0 Å². The molecule has 1 aliphatic rings. The first-order chi connectivity index (χ1) is 9.58. The summed E-state index contributed by atoms with van der Waals surface area (Å²) in [6.45, 7) is 7.21. The van der Waals surface area contributed by atoms with Crippen LogP contribution in [0.4, 0.5) is 0 Å². The lowest BCUT2D eigenvalue weighted by Gasteiger charge is -2.38. The van der Waals surface area contributed by atoms with Crippen molar-refractivity contribution in [2.24, 2.45) is 5.73 Å². The van der Waals surface area contributed by atoms with Crippen molar-refractivity contribution in [2.75, 3.05) is 53.0 Å². The highest BCUT2D eigenvalue weighted by atomic mass is 32.1. The normalized spacial score (nSPS) is 18.7. The lowest BCUT2D eigenvalue weighted by atomic mass is 10.1. The summed E-state index contributed by atoms with van der Waals surface area (Å²) in [5, 5.41) is 2.83. The van der Waals surface area contributed by atoms with Crippen LogP contribution in [0.2, 0.25) is 0 Å². The van der Waals surface area contributed by atoms with E-state index in [-0.39, 0.29) is 11.9 Å². The zero-order chi connectivity index (χ0) is 15.0. The first kappa shape index (κ1) is 17.3. The molecule has 1 aliphatic heterocycles. The summed E-state index contributed by atoms with van der Waals surface area (Å²) >= 11 is 5.10. The highest BCUT2D eigenvalue weighted by molar-refractivity contribution is 7.80. The zero-order valence-corrected chi connectivity index (χ0v) is 13.2. The van der Waals surface area contributed by atoms with Crippen LogP contribution in [-0.4, -0.2) is 79.7 Å². The Morgan fingerprint density at radius 2 is 2.05 bits per heavy atom. The number of carbonyl (C=O) groups excluding carboxylic acids is 1. The second kappa shape index (κ2) is 9.23. The third kappa shape index (κ3) is 5.70. The molecule has 1 atom stereocenters. The Bertz CT molecular complexity index is 319. The third-order valence-corrected chi connectivity index (χ3v) is 3.83. The van der Waals surface area contributed by atoms with Crippen LogP contribution in [0.5, 0.6) is 0 Å². The molecule has 20 heavy (non-hydrogen) atoms. The number of piperazine rings is 1. The van der Waals surface area contributed by atoms with Gasteiger partial charge in [-0.25, -0.2) is 0 Å². The van der Waals surface area contributed by atoms with E-state index in [1.54, 1.807) is 7.11 Å². The van der Waals surface area contributed by atoms with E-state index in [0.717, 1.165) is 32.6 Å². The average molecular weight is 302 g/mol. The molecule has 1 rings (SSSR count). The summed E-state index contributed by atoms with van der Waals surface area (Å²) in [7, 11) is 1.62. The maximum Gasteiger partial charge on any atom is 0.234 e. The predicted molar refractivity (Wildman–Crippen MR) is 83.8 cm³/mol. The van der Waals surface area contributed by atoms with Gasteiger partial charge in [0.25, 0.3) is 0 Å². The number of ether oxygens (including phenoxy) is 1. The Balaban J connectivity index is 2.28. The number of nitrogens with one attached hydrogen (secondary N) is 1. The Hall–Kier alpha value is -0.760. The molecule has 1 amide bonds. The summed E-state index contributed by atoms with van der Waals surface area (Å²) < 4.78 is 4.90. The van der Waals surface area contributed by atoms with Gasteiger partial charge in [0.1, 0.15) is 0 Å². The van der Waals surface area contributed by atoms with Gasteiger partial charge >= 0.3 is 0 Å². The number of nitrogens with two attached hydrogens (primary N) is 1. The second-order valence-electron chi connectivity index (χ2n) is 4.98. The fraction of sp³-hybridized carbons (Fsp3) is 0.846. The Morgan fingerprint density at radius 3 is 2.55 bits per heavy atom. The van der Waals surface area contributed by atoms with Gasteiger partial charge in [-0.1, -0.05) is 19.1 Å². The molecule has 1 fully saturated rings. The van der Waals surface area contributed by atoms with Crippen LogP contribution >= 0.6 is 12.2 Å². The molecule has 0 aromatic carbocycles. The van der Waals surface area contributed by atoms with Gasteiger partial charge in [-0.2, -0.15) is 0 Å². The van der Waals surface area contributed by atoms with Crippen LogP contribution in [0.1, 0.15) is 13.3 Å². The number of hydrogen-bond acceptors (Lipinski definition) is 5. The molecule has 1 unspecified atom stereocenters. The third-order valence-electron chi connectivity index (χ3n) is 3.56. The van der Waals surface area contributed by atoms with Gasteiger partial charge in [0.2, 0.25) is 5.91 Å². The van der Waals surface area contributed by atoms with Crippen molar-refractivity contribution in [3.05, 3.63) is 0 Å².